The molecule has 20 heavy (non-hydrogen) atoms. The molecule has 0 rings (SSSR count). The standard InChI is InChI=1S/C14H22O6/c1-3-5-9-18-12(15)7-8-13(16)20-11-14(17)19-10-6-4-2/h7-8H,3-6,9-11H2,1-2H3/b8-7-. The Morgan fingerprint density at radius 1 is 0.800 bits per heavy atom. The van der Waals surface area contributed by atoms with E-state index in [0.717, 1.165) is 37.8 Å². The van der Waals surface area contributed by atoms with Crippen LogP contribution in [-0.4, -0.2) is 37.7 Å². The SMILES string of the molecule is CCCCOC(=O)/C=C\C(=O)OCC(=O)OCCCC. The van der Waals surface area contributed by atoms with E-state index in [0.29, 0.717) is 13.2 Å². The predicted octanol–water partition coefficient (Wildman–Crippen LogP) is 1.77. The number of unbranched alkanes of at least 4 members (excludes halogenated alkanes) is 2. The van der Waals surface area contributed by atoms with Crippen LogP contribution in [0.1, 0.15) is 39.5 Å². The van der Waals surface area contributed by atoms with Crippen LogP contribution in [0.2, 0.25) is 0 Å². The molecule has 6 heteroatoms. The van der Waals surface area contributed by atoms with Crippen molar-refractivity contribution in [2.45, 2.75) is 39.5 Å². The zero-order chi connectivity index (χ0) is 15.2. The molecule has 0 aliphatic heterocycles. The summed E-state index contributed by atoms with van der Waals surface area (Å²) in [5.41, 5.74) is 0. The number of carbonyl (C=O) groups is 3. The summed E-state index contributed by atoms with van der Waals surface area (Å²) in [6, 6.07) is 0. The lowest BCUT2D eigenvalue weighted by molar-refractivity contribution is -0.156. The zero-order valence-electron chi connectivity index (χ0n) is 12.1. The number of hydrogen-bond acceptors (Lipinski definition) is 6. The Labute approximate surface area is 119 Å². The Kier molecular flexibility index (Phi) is 11.1. The van der Waals surface area contributed by atoms with Gasteiger partial charge in [0.25, 0.3) is 0 Å². The van der Waals surface area contributed by atoms with Gasteiger partial charge in [-0.05, 0) is 12.8 Å². The van der Waals surface area contributed by atoms with Gasteiger partial charge in [0.05, 0.1) is 13.2 Å². The van der Waals surface area contributed by atoms with E-state index in [1.165, 1.54) is 0 Å². The van der Waals surface area contributed by atoms with E-state index < -0.39 is 24.5 Å². The van der Waals surface area contributed by atoms with Gasteiger partial charge in [-0.15, -0.1) is 0 Å². The Morgan fingerprint density at radius 3 is 1.85 bits per heavy atom. The molecule has 0 N–H and O–H groups in total. The number of carbonyl (C=O) groups excluding carboxylic acids is 3. The van der Waals surface area contributed by atoms with Crippen LogP contribution in [0.15, 0.2) is 12.2 Å². The summed E-state index contributed by atoms with van der Waals surface area (Å²) < 4.78 is 14.2. The van der Waals surface area contributed by atoms with E-state index in [9.17, 15) is 14.4 Å². The zero-order valence-corrected chi connectivity index (χ0v) is 12.1. The van der Waals surface area contributed by atoms with Crippen molar-refractivity contribution < 1.29 is 28.6 Å². The summed E-state index contributed by atoms with van der Waals surface area (Å²) in [4.78, 5) is 33.4. The first-order chi connectivity index (χ1) is 9.60. The maximum Gasteiger partial charge on any atom is 0.344 e. The molecule has 0 spiro atoms. The number of esters is 3. The van der Waals surface area contributed by atoms with Crippen LogP contribution < -0.4 is 0 Å². The van der Waals surface area contributed by atoms with Gasteiger partial charge in [0.1, 0.15) is 0 Å². The first kappa shape index (κ1) is 18.1. The molecule has 0 radical (unpaired) electrons. The maximum atomic E-state index is 11.2. The van der Waals surface area contributed by atoms with Gasteiger partial charge >= 0.3 is 17.9 Å². The Morgan fingerprint density at radius 2 is 1.30 bits per heavy atom. The highest BCUT2D eigenvalue weighted by molar-refractivity contribution is 5.92. The van der Waals surface area contributed by atoms with Gasteiger partial charge in [-0.2, -0.15) is 0 Å². The molecule has 0 heterocycles. The molecule has 114 valence electrons. The molecule has 0 amide bonds. The fraction of sp³-hybridized carbons (Fsp3) is 0.643. The normalized spacial score (nSPS) is 10.3. The molecule has 0 saturated carbocycles. The minimum Gasteiger partial charge on any atom is -0.463 e. The third kappa shape index (κ3) is 11.3. The average Bonchev–Trinajstić information content (AvgIpc) is 2.43. The number of ether oxygens (including phenoxy) is 3. The largest absolute Gasteiger partial charge is 0.463 e. The fourth-order valence-electron chi connectivity index (χ4n) is 1.05. The topological polar surface area (TPSA) is 78.9 Å². The van der Waals surface area contributed by atoms with E-state index in [1.54, 1.807) is 0 Å². The van der Waals surface area contributed by atoms with Gasteiger partial charge in [-0.3, -0.25) is 0 Å². The van der Waals surface area contributed by atoms with Crippen molar-refractivity contribution in [1.29, 1.82) is 0 Å². The number of rotatable bonds is 10. The number of hydrogen-bond donors (Lipinski definition) is 0. The molecule has 0 bridgehead atoms. The lowest BCUT2D eigenvalue weighted by Crippen LogP contribution is -2.16. The van der Waals surface area contributed by atoms with Gasteiger partial charge < -0.3 is 14.2 Å². The second-order valence-electron chi connectivity index (χ2n) is 4.04. The van der Waals surface area contributed by atoms with Crippen LogP contribution in [0, 0.1) is 0 Å². The van der Waals surface area contributed by atoms with Gasteiger partial charge in [0, 0.05) is 12.2 Å². The van der Waals surface area contributed by atoms with Gasteiger partial charge in [0.2, 0.25) is 0 Å². The molecular formula is C14H22O6. The molecule has 0 aromatic heterocycles. The molecule has 0 saturated heterocycles. The molecule has 0 aromatic rings. The molecule has 0 atom stereocenters. The van der Waals surface area contributed by atoms with Gasteiger partial charge in [-0.1, -0.05) is 26.7 Å². The summed E-state index contributed by atoms with van der Waals surface area (Å²) in [5, 5.41) is 0. The van der Waals surface area contributed by atoms with Crippen LogP contribution in [0.5, 0.6) is 0 Å². The van der Waals surface area contributed by atoms with Crippen molar-refractivity contribution in [3.8, 4) is 0 Å². The second-order valence-corrected chi connectivity index (χ2v) is 4.04. The first-order valence-corrected chi connectivity index (χ1v) is 6.77. The average molecular weight is 286 g/mol. The molecule has 0 aliphatic rings. The predicted molar refractivity (Wildman–Crippen MR) is 71.8 cm³/mol. The van der Waals surface area contributed by atoms with E-state index >= 15 is 0 Å². The van der Waals surface area contributed by atoms with Gasteiger partial charge in [0.15, 0.2) is 6.61 Å². The smallest absolute Gasteiger partial charge is 0.344 e. The van der Waals surface area contributed by atoms with Crippen molar-refractivity contribution in [1.82, 2.24) is 0 Å². The Bertz CT molecular complexity index is 335. The van der Waals surface area contributed by atoms with Gasteiger partial charge in [-0.25, -0.2) is 14.4 Å². The summed E-state index contributed by atoms with van der Waals surface area (Å²) in [7, 11) is 0. The van der Waals surface area contributed by atoms with Crippen LogP contribution in [0.3, 0.4) is 0 Å². The molecule has 0 aliphatic carbocycles. The van der Waals surface area contributed by atoms with E-state index in [1.807, 2.05) is 13.8 Å². The highest BCUT2D eigenvalue weighted by Gasteiger charge is 2.06. The van der Waals surface area contributed by atoms with Crippen molar-refractivity contribution in [2.75, 3.05) is 19.8 Å². The van der Waals surface area contributed by atoms with Crippen LogP contribution in [-0.2, 0) is 28.6 Å². The van der Waals surface area contributed by atoms with Crippen molar-refractivity contribution in [3.05, 3.63) is 12.2 Å². The monoisotopic (exact) mass is 286 g/mol. The van der Waals surface area contributed by atoms with Crippen LogP contribution >= 0.6 is 0 Å². The second kappa shape index (κ2) is 12.2. The lowest BCUT2D eigenvalue weighted by Gasteiger charge is -2.03. The third-order valence-corrected chi connectivity index (χ3v) is 2.19. The Balaban J connectivity index is 3.76. The van der Waals surface area contributed by atoms with E-state index in [2.05, 4.69) is 4.74 Å². The van der Waals surface area contributed by atoms with Crippen molar-refractivity contribution in [3.63, 3.8) is 0 Å². The lowest BCUT2D eigenvalue weighted by atomic mass is 10.4. The fourth-order valence-corrected chi connectivity index (χ4v) is 1.05. The quantitative estimate of drug-likeness (QED) is 0.263. The molecular weight excluding hydrogens is 264 g/mol. The minimum atomic E-state index is -0.787. The summed E-state index contributed by atoms with van der Waals surface area (Å²) >= 11 is 0. The molecule has 0 unspecified atom stereocenters. The first-order valence-electron chi connectivity index (χ1n) is 6.77. The summed E-state index contributed by atoms with van der Waals surface area (Å²) in [5.74, 6) is -2.00. The summed E-state index contributed by atoms with van der Waals surface area (Å²) in [6.07, 6.45) is 5.26. The summed E-state index contributed by atoms with van der Waals surface area (Å²) in [6.45, 7) is 4.11. The van der Waals surface area contributed by atoms with Crippen LogP contribution in [0.25, 0.3) is 0 Å². The highest BCUT2D eigenvalue weighted by Crippen LogP contribution is 1.92. The third-order valence-electron chi connectivity index (χ3n) is 2.19. The highest BCUT2D eigenvalue weighted by atomic mass is 16.6. The van der Waals surface area contributed by atoms with E-state index in [4.69, 9.17) is 9.47 Å². The van der Waals surface area contributed by atoms with Crippen molar-refractivity contribution >= 4 is 17.9 Å². The molecule has 0 fully saturated rings. The minimum absolute atomic E-state index is 0.312. The molecule has 6 nitrogen and oxygen atoms in total. The Hall–Kier alpha value is -1.85. The van der Waals surface area contributed by atoms with Crippen molar-refractivity contribution in [2.24, 2.45) is 0 Å². The maximum absolute atomic E-state index is 11.2. The molecule has 0 aromatic carbocycles. The van der Waals surface area contributed by atoms with E-state index in [-0.39, 0.29) is 0 Å². The van der Waals surface area contributed by atoms with Crippen LogP contribution in [0.4, 0.5) is 0 Å².